The van der Waals surface area contributed by atoms with E-state index in [9.17, 15) is 9.90 Å². The molecule has 5 heteroatoms. The summed E-state index contributed by atoms with van der Waals surface area (Å²) in [6.45, 7) is 1.98. The molecule has 16 heavy (non-hydrogen) atoms. The fourth-order valence-corrected chi connectivity index (χ4v) is 1.29. The molecule has 0 aliphatic rings. The van der Waals surface area contributed by atoms with Crippen LogP contribution in [0.1, 0.15) is 6.92 Å². The second-order valence-electron chi connectivity index (χ2n) is 3.10. The Hall–Kier alpha value is -1.75. The number of aliphatic hydroxyl groups is 1. The van der Waals surface area contributed by atoms with Gasteiger partial charge in [-0.1, -0.05) is 6.07 Å². The molecule has 0 bridgehead atoms. The summed E-state index contributed by atoms with van der Waals surface area (Å²) in [5, 5.41) is 17.8. The van der Waals surface area contributed by atoms with Crippen LogP contribution in [-0.4, -0.2) is 36.1 Å². The molecular formula is C11H15NO4. The highest BCUT2D eigenvalue weighted by Crippen LogP contribution is 2.20. The lowest BCUT2D eigenvalue weighted by Gasteiger charge is -2.20. The minimum atomic E-state index is -0.540. The summed E-state index contributed by atoms with van der Waals surface area (Å²) in [7, 11) is 0. The van der Waals surface area contributed by atoms with Crippen LogP contribution in [-0.2, 0) is 4.74 Å². The lowest BCUT2D eigenvalue weighted by atomic mass is 10.3. The molecule has 1 aromatic rings. The van der Waals surface area contributed by atoms with E-state index in [-0.39, 0.29) is 19.0 Å². The molecule has 0 saturated carbocycles. The van der Waals surface area contributed by atoms with E-state index < -0.39 is 6.09 Å². The van der Waals surface area contributed by atoms with E-state index in [1.807, 2.05) is 0 Å². The SMILES string of the molecule is CCN(C(=O)OCCO)c1cccc(O)c1. The Morgan fingerprint density at radius 3 is 2.81 bits per heavy atom. The Morgan fingerprint density at radius 1 is 1.50 bits per heavy atom. The van der Waals surface area contributed by atoms with E-state index in [0.717, 1.165) is 0 Å². The van der Waals surface area contributed by atoms with Gasteiger partial charge < -0.3 is 14.9 Å². The Kier molecular flexibility index (Phi) is 4.60. The zero-order valence-corrected chi connectivity index (χ0v) is 9.09. The molecule has 0 fully saturated rings. The van der Waals surface area contributed by atoms with E-state index >= 15 is 0 Å². The van der Waals surface area contributed by atoms with Crippen LogP contribution in [0.2, 0.25) is 0 Å². The molecule has 88 valence electrons. The molecule has 0 atom stereocenters. The summed E-state index contributed by atoms with van der Waals surface area (Å²) in [5.41, 5.74) is 0.561. The van der Waals surface area contributed by atoms with E-state index in [1.54, 1.807) is 19.1 Å². The van der Waals surface area contributed by atoms with Crippen molar-refractivity contribution in [1.29, 1.82) is 0 Å². The monoisotopic (exact) mass is 225 g/mol. The number of ether oxygens (including phenoxy) is 1. The number of nitrogens with zero attached hydrogens (tertiary/aromatic N) is 1. The zero-order valence-electron chi connectivity index (χ0n) is 9.09. The van der Waals surface area contributed by atoms with Crippen LogP contribution in [0.4, 0.5) is 10.5 Å². The average molecular weight is 225 g/mol. The van der Waals surface area contributed by atoms with Crippen molar-refractivity contribution >= 4 is 11.8 Å². The summed E-state index contributed by atoms with van der Waals surface area (Å²) < 4.78 is 4.79. The number of benzene rings is 1. The predicted molar refractivity (Wildman–Crippen MR) is 59.6 cm³/mol. The molecule has 0 radical (unpaired) electrons. The van der Waals surface area contributed by atoms with Crippen LogP contribution in [0.25, 0.3) is 0 Å². The number of carbonyl (C=O) groups excluding carboxylic acids is 1. The van der Waals surface area contributed by atoms with Gasteiger partial charge in [0.15, 0.2) is 0 Å². The Morgan fingerprint density at radius 2 is 2.25 bits per heavy atom. The minimum Gasteiger partial charge on any atom is -0.508 e. The number of amides is 1. The third-order valence-electron chi connectivity index (χ3n) is 1.99. The van der Waals surface area contributed by atoms with Gasteiger partial charge in [0.05, 0.1) is 12.3 Å². The van der Waals surface area contributed by atoms with Crippen LogP contribution in [0.3, 0.4) is 0 Å². The highest BCUT2D eigenvalue weighted by molar-refractivity contribution is 5.87. The molecule has 2 N–H and O–H groups in total. The van der Waals surface area contributed by atoms with E-state index in [0.29, 0.717) is 12.2 Å². The predicted octanol–water partition coefficient (Wildman–Crippen LogP) is 1.35. The molecule has 0 saturated heterocycles. The Labute approximate surface area is 93.9 Å². The van der Waals surface area contributed by atoms with Crippen molar-refractivity contribution in [1.82, 2.24) is 0 Å². The molecule has 0 aliphatic carbocycles. The largest absolute Gasteiger partial charge is 0.508 e. The molecular weight excluding hydrogens is 210 g/mol. The number of rotatable bonds is 4. The topological polar surface area (TPSA) is 70.0 Å². The smallest absolute Gasteiger partial charge is 0.414 e. The minimum absolute atomic E-state index is 0.0336. The second-order valence-corrected chi connectivity index (χ2v) is 3.10. The Balaban J connectivity index is 2.77. The average Bonchev–Trinajstić information content (AvgIpc) is 2.27. The summed E-state index contributed by atoms with van der Waals surface area (Å²) in [4.78, 5) is 12.9. The van der Waals surface area contributed by atoms with Crippen molar-refractivity contribution < 1.29 is 19.7 Å². The summed E-state index contributed by atoms with van der Waals surface area (Å²) in [5.74, 6) is 0.0888. The fourth-order valence-electron chi connectivity index (χ4n) is 1.29. The highest BCUT2D eigenvalue weighted by Gasteiger charge is 2.15. The normalized spacial score (nSPS) is 9.88. The van der Waals surface area contributed by atoms with Crippen molar-refractivity contribution in [3.05, 3.63) is 24.3 Å². The number of aliphatic hydroxyl groups excluding tert-OH is 1. The summed E-state index contributed by atoms with van der Waals surface area (Å²) in [6, 6.07) is 6.34. The second kappa shape index (κ2) is 5.97. The maximum atomic E-state index is 11.6. The standard InChI is InChI=1S/C11H15NO4/c1-2-12(11(15)16-7-6-13)9-4-3-5-10(14)8-9/h3-5,8,13-14H,2,6-7H2,1H3. The van der Waals surface area contributed by atoms with Crippen molar-refractivity contribution in [3.63, 3.8) is 0 Å². The number of anilines is 1. The molecule has 1 rings (SSSR count). The Bertz CT molecular complexity index is 354. The van der Waals surface area contributed by atoms with Crippen molar-refractivity contribution in [2.45, 2.75) is 6.92 Å². The van der Waals surface area contributed by atoms with Gasteiger partial charge in [-0.05, 0) is 19.1 Å². The first-order valence-corrected chi connectivity index (χ1v) is 5.03. The van der Waals surface area contributed by atoms with E-state index in [2.05, 4.69) is 0 Å². The maximum Gasteiger partial charge on any atom is 0.414 e. The van der Waals surface area contributed by atoms with Crippen molar-refractivity contribution in [2.24, 2.45) is 0 Å². The molecule has 0 aromatic heterocycles. The summed E-state index contributed by atoms with van der Waals surface area (Å²) >= 11 is 0. The number of aromatic hydroxyl groups is 1. The van der Waals surface area contributed by atoms with Gasteiger partial charge in [0.2, 0.25) is 0 Å². The first-order valence-electron chi connectivity index (χ1n) is 5.03. The zero-order chi connectivity index (χ0) is 12.0. The van der Waals surface area contributed by atoms with Gasteiger partial charge in [-0.3, -0.25) is 4.90 Å². The van der Waals surface area contributed by atoms with E-state index in [1.165, 1.54) is 17.0 Å². The third kappa shape index (κ3) is 3.13. The van der Waals surface area contributed by atoms with E-state index in [4.69, 9.17) is 9.84 Å². The van der Waals surface area contributed by atoms with Crippen LogP contribution < -0.4 is 4.90 Å². The molecule has 5 nitrogen and oxygen atoms in total. The number of hydrogen-bond donors (Lipinski definition) is 2. The number of carbonyl (C=O) groups is 1. The number of phenolic OH excluding ortho intramolecular Hbond substituents is 1. The molecule has 0 heterocycles. The first kappa shape index (κ1) is 12.3. The lowest BCUT2D eigenvalue weighted by molar-refractivity contribution is 0.125. The van der Waals surface area contributed by atoms with Crippen LogP contribution in [0.15, 0.2) is 24.3 Å². The fraction of sp³-hybridized carbons (Fsp3) is 0.364. The van der Waals surface area contributed by atoms with Crippen LogP contribution >= 0.6 is 0 Å². The van der Waals surface area contributed by atoms with Gasteiger partial charge in [0.1, 0.15) is 12.4 Å². The summed E-state index contributed by atoms with van der Waals surface area (Å²) in [6.07, 6.45) is -0.540. The lowest BCUT2D eigenvalue weighted by Crippen LogP contribution is -2.31. The number of hydrogen-bond acceptors (Lipinski definition) is 4. The highest BCUT2D eigenvalue weighted by atomic mass is 16.6. The quantitative estimate of drug-likeness (QED) is 0.811. The molecule has 0 aliphatic heterocycles. The number of phenols is 1. The molecule has 1 amide bonds. The van der Waals surface area contributed by atoms with Gasteiger partial charge in [-0.2, -0.15) is 0 Å². The molecule has 0 spiro atoms. The molecule has 1 aromatic carbocycles. The maximum absolute atomic E-state index is 11.6. The van der Waals surface area contributed by atoms with Crippen molar-refractivity contribution in [3.8, 4) is 5.75 Å². The van der Waals surface area contributed by atoms with Crippen molar-refractivity contribution in [2.75, 3.05) is 24.7 Å². The van der Waals surface area contributed by atoms with Gasteiger partial charge in [-0.15, -0.1) is 0 Å². The third-order valence-corrected chi connectivity index (χ3v) is 1.99. The first-order chi connectivity index (χ1) is 7.69. The van der Waals surface area contributed by atoms with Gasteiger partial charge >= 0.3 is 6.09 Å². The van der Waals surface area contributed by atoms with Crippen LogP contribution in [0.5, 0.6) is 5.75 Å². The van der Waals surface area contributed by atoms with Gasteiger partial charge in [0, 0.05) is 12.6 Å². The van der Waals surface area contributed by atoms with Crippen LogP contribution in [0, 0.1) is 0 Å². The molecule has 0 unspecified atom stereocenters. The van der Waals surface area contributed by atoms with Gasteiger partial charge in [-0.25, -0.2) is 4.79 Å². The van der Waals surface area contributed by atoms with Gasteiger partial charge in [0.25, 0.3) is 0 Å².